The summed E-state index contributed by atoms with van der Waals surface area (Å²) in [5.41, 5.74) is 0. The van der Waals surface area contributed by atoms with Gasteiger partial charge in [-0.1, -0.05) is 13.0 Å². The Labute approximate surface area is 77.4 Å². The number of methoxy groups -OCH3 is 1. The van der Waals surface area contributed by atoms with Crippen LogP contribution in [0.2, 0.25) is 0 Å². The van der Waals surface area contributed by atoms with Gasteiger partial charge < -0.3 is 4.74 Å². The monoisotopic (exact) mass is 186 g/mol. The molecule has 1 rings (SSSR count). The number of carbonyl (C=O) groups is 1. The number of ether oxygens (including phenoxy) is 1. The number of hydrogen-bond donors (Lipinski definition) is 0. The van der Waals surface area contributed by atoms with Crippen molar-refractivity contribution >= 4 is 17.7 Å². The minimum atomic E-state index is -0.254. The Balaban J connectivity index is 2.31. The summed E-state index contributed by atoms with van der Waals surface area (Å²) in [6.45, 7) is 2.24. The van der Waals surface area contributed by atoms with E-state index in [0.717, 1.165) is 5.92 Å². The van der Waals surface area contributed by atoms with Crippen LogP contribution in [0.5, 0.6) is 0 Å². The third-order valence-electron chi connectivity index (χ3n) is 1.88. The summed E-state index contributed by atoms with van der Waals surface area (Å²) in [5.74, 6) is 1.73. The summed E-state index contributed by atoms with van der Waals surface area (Å²) >= 11 is 1.91. The zero-order chi connectivity index (χ0) is 8.97. The highest BCUT2D eigenvalue weighted by molar-refractivity contribution is 8.00. The minimum Gasteiger partial charge on any atom is -0.466 e. The van der Waals surface area contributed by atoms with Gasteiger partial charge in [0, 0.05) is 11.3 Å². The fourth-order valence-corrected chi connectivity index (χ4v) is 2.57. The first-order chi connectivity index (χ1) is 5.72. The van der Waals surface area contributed by atoms with Crippen molar-refractivity contribution in [1.29, 1.82) is 0 Å². The summed E-state index contributed by atoms with van der Waals surface area (Å²) in [7, 11) is 1.40. The second-order valence-corrected chi connectivity index (χ2v) is 4.37. The van der Waals surface area contributed by atoms with E-state index in [1.54, 1.807) is 0 Å². The molecule has 0 aromatic carbocycles. The van der Waals surface area contributed by atoms with Crippen LogP contribution in [0.25, 0.3) is 0 Å². The lowest BCUT2D eigenvalue weighted by Gasteiger charge is -1.99. The first kappa shape index (κ1) is 9.65. The van der Waals surface area contributed by atoms with Crippen LogP contribution in [0.1, 0.15) is 13.3 Å². The van der Waals surface area contributed by atoms with Gasteiger partial charge in [-0.05, 0) is 18.1 Å². The van der Waals surface area contributed by atoms with E-state index in [-0.39, 0.29) is 5.97 Å². The van der Waals surface area contributed by atoms with Crippen LogP contribution in [0.15, 0.2) is 12.2 Å². The molecule has 2 unspecified atom stereocenters. The van der Waals surface area contributed by atoms with E-state index in [2.05, 4.69) is 11.7 Å². The van der Waals surface area contributed by atoms with Crippen LogP contribution >= 0.6 is 11.8 Å². The molecule has 0 aromatic rings. The molecule has 3 heteroatoms. The van der Waals surface area contributed by atoms with Crippen LogP contribution in [0.4, 0.5) is 0 Å². The SMILES string of the molecule is COC(=O)/C=C/C1CC(C)CS1. The van der Waals surface area contributed by atoms with E-state index in [1.807, 2.05) is 17.8 Å². The van der Waals surface area contributed by atoms with E-state index in [9.17, 15) is 4.79 Å². The predicted molar refractivity (Wildman–Crippen MR) is 51.2 cm³/mol. The first-order valence-electron chi connectivity index (χ1n) is 4.10. The van der Waals surface area contributed by atoms with Gasteiger partial charge in [-0.15, -0.1) is 0 Å². The molecule has 1 aliphatic rings. The van der Waals surface area contributed by atoms with Gasteiger partial charge in [0.15, 0.2) is 0 Å². The highest BCUT2D eigenvalue weighted by Crippen LogP contribution is 2.31. The minimum absolute atomic E-state index is 0.254. The Morgan fingerprint density at radius 2 is 2.42 bits per heavy atom. The molecule has 0 bridgehead atoms. The average Bonchev–Trinajstić information content (AvgIpc) is 2.47. The number of rotatable bonds is 2. The highest BCUT2D eigenvalue weighted by atomic mass is 32.2. The molecule has 68 valence electrons. The average molecular weight is 186 g/mol. The van der Waals surface area contributed by atoms with Crippen molar-refractivity contribution in [2.24, 2.45) is 5.92 Å². The van der Waals surface area contributed by atoms with Gasteiger partial charge >= 0.3 is 5.97 Å². The molecule has 2 nitrogen and oxygen atoms in total. The largest absolute Gasteiger partial charge is 0.466 e. The normalized spacial score (nSPS) is 29.5. The Morgan fingerprint density at radius 1 is 1.67 bits per heavy atom. The molecule has 1 aliphatic heterocycles. The second-order valence-electron chi connectivity index (χ2n) is 3.09. The van der Waals surface area contributed by atoms with Gasteiger partial charge in [-0.2, -0.15) is 11.8 Å². The maximum atomic E-state index is 10.7. The van der Waals surface area contributed by atoms with Gasteiger partial charge in [-0.3, -0.25) is 0 Å². The van der Waals surface area contributed by atoms with Crippen LogP contribution in [-0.4, -0.2) is 24.1 Å². The Hall–Kier alpha value is -0.440. The standard InChI is InChI=1S/C9H14O2S/c1-7-5-8(12-6-7)3-4-9(10)11-2/h3-4,7-8H,5-6H2,1-2H3/b4-3+. The summed E-state index contributed by atoms with van der Waals surface area (Å²) in [4.78, 5) is 10.7. The molecule has 0 radical (unpaired) electrons. The van der Waals surface area contributed by atoms with Crippen molar-refractivity contribution in [2.75, 3.05) is 12.9 Å². The molecule has 1 fully saturated rings. The first-order valence-corrected chi connectivity index (χ1v) is 5.15. The topological polar surface area (TPSA) is 26.3 Å². The molecule has 0 saturated carbocycles. The van der Waals surface area contributed by atoms with Gasteiger partial charge in [0.1, 0.15) is 0 Å². The molecular formula is C9H14O2S. The molecule has 2 atom stereocenters. The summed E-state index contributed by atoms with van der Waals surface area (Å²) in [6.07, 6.45) is 4.65. The van der Waals surface area contributed by atoms with E-state index in [1.165, 1.54) is 25.4 Å². The van der Waals surface area contributed by atoms with Gasteiger partial charge in [0.2, 0.25) is 0 Å². The van der Waals surface area contributed by atoms with E-state index in [0.29, 0.717) is 5.25 Å². The molecule has 1 saturated heterocycles. The quantitative estimate of drug-likeness (QED) is 0.486. The molecule has 0 N–H and O–H groups in total. The Kier molecular flexibility index (Phi) is 3.66. The second kappa shape index (κ2) is 4.55. The number of carbonyl (C=O) groups excluding carboxylic acids is 1. The van der Waals surface area contributed by atoms with Crippen molar-refractivity contribution in [3.63, 3.8) is 0 Å². The molecule has 12 heavy (non-hydrogen) atoms. The maximum absolute atomic E-state index is 10.7. The third kappa shape index (κ3) is 2.89. The molecule has 0 aromatic heterocycles. The highest BCUT2D eigenvalue weighted by Gasteiger charge is 2.19. The molecule has 1 heterocycles. The fraction of sp³-hybridized carbons (Fsp3) is 0.667. The van der Waals surface area contributed by atoms with Crippen molar-refractivity contribution < 1.29 is 9.53 Å². The summed E-state index contributed by atoms with van der Waals surface area (Å²) in [6, 6.07) is 0. The van der Waals surface area contributed by atoms with Gasteiger partial charge in [0.25, 0.3) is 0 Å². The Bertz CT molecular complexity index is 189. The van der Waals surface area contributed by atoms with E-state index < -0.39 is 0 Å². The van der Waals surface area contributed by atoms with Crippen molar-refractivity contribution in [3.05, 3.63) is 12.2 Å². The molecule has 0 spiro atoms. The smallest absolute Gasteiger partial charge is 0.330 e. The zero-order valence-electron chi connectivity index (χ0n) is 7.45. The number of esters is 1. The summed E-state index contributed by atoms with van der Waals surface area (Å²) < 4.78 is 4.50. The van der Waals surface area contributed by atoms with Crippen LogP contribution in [-0.2, 0) is 9.53 Å². The van der Waals surface area contributed by atoms with Crippen molar-refractivity contribution in [3.8, 4) is 0 Å². The molecular weight excluding hydrogens is 172 g/mol. The lowest BCUT2D eigenvalue weighted by Crippen LogP contribution is -1.98. The summed E-state index contributed by atoms with van der Waals surface area (Å²) in [5, 5.41) is 0.513. The number of hydrogen-bond acceptors (Lipinski definition) is 3. The van der Waals surface area contributed by atoms with E-state index >= 15 is 0 Å². The van der Waals surface area contributed by atoms with Crippen molar-refractivity contribution in [2.45, 2.75) is 18.6 Å². The van der Waals surface area contributed by atoms with Crippen LogP contribution < -0.4 is 0 Å². The molecule has 0 aliphatic carbocycles. The predicted octanol–water partition coefficient (Wildman–Crippen LogP) is 1.86. The fourth-order valence-electron chi connectivity index (χ4n) is 1.21. The Morgan fingerprint density at radius 3 is 2.92 bits per heavy atom. The lowest BCUT2D eigenvalue weighted by atomic mass is 10.1. The van der Waals surface area contributed by atoms with Gasteiger partial charge in [-0.25, -0.2) is 4.79 Å². The number of thioether (sulfide) groups is 1. The molecule has 0 amide bonds. The van der Waals surface area contributed by atoms with Crippen LogP contribution in [0.3, 0.4) is 0 Å². The van der Waals surface area contributed by atoms with Crippen LogP contribution in [0, 0.1) is 5.92 Å². The zero-order valence-corrected chi connectivity index (χ0v) is 8.26. The third-order valence-corrected chi connectivity index (χ3v) is 3.42. The van der Waals surface area contributed by atoms with Gasteiger partial charge in [0.05, 0.1) is 7.11 Å². The van der Waals surface area contributed by atoms with E-state index in [4.69, 9.17) is 0 Å². The maximum Gasteiger partial charge on any atom is 0.330 e. The van der Waals surface area contributed by atoms with Crippen molar-refractivity contribution in [1.82, 2.24) is 0 Å². The lowest BCUT2D eigenvalue weighted by molar-refractivity contribution is -0.134.